The van der Waals surface area contributed by atoms with E-state index in [2.05, 4.69) is 15.5 Å². The number of nitrogens with one attached hydrogen (secondary N) is 1. The highest BCUT2D eigenvalue weighted by atomic mass is 16.4. The molecule has 1 amide bonds. The van der Waals surface area contributed by atoms with Crippen molar-refractivity contribution in [2.45, 2.75) is 19.8 Å². The molecule has 0 radical (unpaired) electrons. The Morgan fingerprint density at radius 1 is 1.04 bits per heavy atom. The van der Waals surface area contributed by atoms with Crippen molar-refractivity contribution in [1.82, 2.24) is 10.2 Å². The zero-order valence-electron chi connectivity index (χ0n) is 13.7. The second kappa shape index (κ2) is 7.53. The van der Waals surface area contributed by atoms with Gasteiger partial charge >= 0.3 is 0 Å². The first-order valence-corrected chi connectivity index (χ1v) is 7.90. The number of aryl methyl sites for hydroxylation is 1. The van der Waals surface area contributed by atoms with Crippen LogP contribution in [0.4, 0.5) is 5.69 Å². The second-order valence-corrected chi connectivity index (χ2v) is 5.55. The van der Waals surface area contributed by atoms with Gasteiger partial charge in [0.15, 0.2) is 5.78 Å². The number of hydrogen-bond acceptors (Lipinski definition) is 5. The Hall–Kier alpha value is -3.28. The molecular weight excluding hydrogens is 318 g/mol. The van der Waals surface area contributed by atoms with Gasteiger partial charge in [0.1, 0.15) is 0 Å². The van der Waals surface area contributed by atoms with Gasteiger partial charge in [0.2, 0.25) is 17.7 Å². The molecule has 0 aliphatic carbocycles. The van der Waals surface area contributed by atoms with Crippen LogP contribution in [0, 0.1) is 0 Å². The van der Waals surface area contributed by atoms with E-state index in [1.807, 2.05) is 30.3 Å². The third kappa shape index (κ3) is 4.38. The molecule has 25 heavy (non-hydrogen) atoms. The first-order valence-electron chi connectivity index (χ1n) is 7.90. The Morgan fingerprint density at radius 3 is 2.60 bits per heavy atom. The van der Waals surface area contributed by atoms with E-state index in [-0.39, 0.29) is 18.1 Å². The van der Waals surface area contributed by atoms with Crippen molar-refractivity contribution in [1.29, 1.82) is 0 Å². The monoisotopic (exact) mass is 335 g/mol. The summed E-state index contributed by atoms with van der Waals surface area (Å²) in [7, 11) is 0. The molecule has 0 bridgehead atoms. The molecule has 6 nitrogen and oxygen atoms in total. The van der Waals surface area contributed by atoms with Gasteiger partial charge in [0.05, 0.1) is 0 Å². The molecule has 2 aromatic carbocycles. The number of carbonyl (C=O) groups is 2. The summed E-state index contributed by atoms with van der Waals surface area (Å²) in [5.41, 5.74) is 1.99. The number of nitrogens with zero attached hydrogens (tertiary/aromatic N) is 2. The molecule has 3 rings (SSSR count). The zero-order chi connectivity index (χ0) is 17.6. The summed E-state index contributed by atoms with van der Waals surface area (Å²) in [4.78, 5) is 23.4. The lowest BCUT2D eigenvalue weighted by Crippen LogP contribution is -2.12. The van der Waals surface area contributed by atoms with E-state index in [1.165, 1.54) is 6.92 Å². The van der Waals surface area contributed by atoms with Crippen LogP contribution < -0.4 is 5.32 Å². The summed E-state index contributed by atoms with van der Waals surface area (Å²) in [6, 6.07) is 16.3. The van der Waals surface area contributed by atoms with E-state index in [4.69, 9.17) is 4.42 Å². The van der Waals surface area contributed by atoms with Gasteiger partial charge < -0.3 is 9.73 Å². The summed E-state index contributed by atoms with van der Waals surface area (Å²) < 4.78 is 5.57. The number of hydrogen-bond donors (Lipinski definition) is 1. The predicted molar refractivity (Wildman–Crippen MR) is 93.1 cm³/mol. The molecule has 1 heterocycles. The Labute approximate surface area is 144 Å². The molecule has 0 spiro atoms. The summed E-state index contributed by atoms with van der Waals surface area (Å²) in [6.07, 6.45) is 0.554. The van der Waals surface area contributed by atoms with Crippen LogP contribution in [0.2, 0.25) is 0 Å². The summed E-state index contributed by atoms with van der Waals surface area (Å²) in [5.74, 6) is 0.618. The fourth-order valence-electron chi connectivity index (χ4n) is 2.31. The molecular formula is C19H17N3O3. The Morgan fingerprint density at radius 2 is 1.84 bits per heavy atom. The maximum absolute atomic E-state index is 12.1. The number of rotatable bonds is 6. The molecule has 0 fully saturated rings. The fourth-order valence-corrected chi connectivity index (χ4v) is 2.31. The topological polar surface area (TPSA) is 85.1 Å². The van der Waals surface area contributed by atoms with E-state index in [9.17, 15) is 9.59 Å². The van der Waals surface area contributed by atoms with Crippen LogP contribution in [0.15, 0.2) is 59.0 Å². The molecule has 1 N–H and O–H groups in total. The largest absolute Gasteiger partial charge is 0.421 e. The third-order valence-corrected chi connectivity index (χ3v) is 3.61. The van der Waals surface area contributed by atoms with Gasteiger partial charge in [-0.1, -0.05) is 30.3 Å². The van der Waals surface area contributed by atoms with E-state index < -0.39 is 0 Å². The van der Waals surface area contributed by atoms with Crippen molar-refractivity contribution in [3.05, 3.63) is 66.1 Å². The van der Waals surface area contributed by atoms with E-state index in [1.54, 1.807) is 24.3 Å². The van der Waals surface area contributed by atoms with Crippen LogP contribution in [0.1, 0.15) is 29.6 Å². The average Bonchev–Trinajstić information content (AvgIpc) is 3.10. The minimum Gasteiger partial charge on any atom is -0.421 e. The summed E-state index contributed by atoms with van der Waals surface area (Å²) >= 11 is 0. The minimum atomic E-state index is -0.180. The third-order valence-electron chi connectivity index (χ3n) is 3.61. The van der Waals surface area contributed by atoms with Gasteiger partial charge in [-0.25, -0.2) is 0 Å². The van der Waals surface area contributed by atoms with Crippen LogP contribution in [-0.2, 0) is 11.2 Å². The van der Waals surface area contributed by atoms with Crippen molar-refractivity contribution in [3.63, 3.8) is 0 Å². The van der Waals surface area contributed by atoms with Crippen molar-refractivity contribution in [2.24, 2.45) is 0 Å². The Bertz CT molecular complexity index is 888. The quantitative estimate of drug-likeness (QED) is 0.697. The summed E-state index contributed by atoms with van der Waals surface area (Å²) in [6.45, 7) is 1.49. The van der Waals surface area contributed by atoms with E-state index in [0.29, 0.717) is 29.5 Å². The maximum Gasteiger partial charge on any atom is 0.247 e. The molecule has 0 aliphatic rings. The molecule has 0 unspecified atom stereocenters. The predicted octanol–water partition coefficient (Wildman–Crippen LogP) is 3.51. The number of carbonyl (C=O) groups excluding carboxylic acids is 2. The summed E-state index contributed by atoms with van der Waals surface area (Å²) in [5, 5.41) is 10.7. The molecule has 0 saturated heterocycles. The standard InChI is InChI=1S/C19H17N3O3/c1-13(23)15-8-5-9-16(12-15)20-17(24)10-11-18-21-22-19(25-18)14-6-3-2-4-7-14/h2-9,12H,10-11H2,1H3,(H,20,24). The lowest BCUT2D eigenvalue weighted by molar-refractivity contribution is -0.116. The highest BCUT2D eigenvalue weighted by molar-refractivity contribution is 5.97. The minimum absolute atomic E-state index is 0.0459. The molecule has 0 atom stereocenters. The molecule has 6 heteroatoms. The Kier molecular flexibility index (Phi) is 4.99. The normalized spacial score (nSPS) is 10.4. The fraction of sp³-hybridized carbons (Fsp3) is 0.158. The van der Waals surface area contributed by atoms with Crippen molar-refractivity contribution < 1.29 is 14.0 Å². The van der Waals surface area contributed by atoms with Gasteiger partial charge in [-0.3, -0.25) is 9.59 Å². The first kappa shape index (κ1) is 16.6. The van der Waals surface area contributed by atoms with Crippen molar-refractivity contribution in [3.8, 4) is 11.5 Å². The number of aromatic nitrogens is 2. The van der Waals surface area contributed by atoms with Gasteiger partial charge in [-0.05, 0) is 31.2 Å². The molecule has 1 aromatic heterocycles. The van der Waals surface area contributed by atoms with Gasteiger partial charge in [0, 0.05) is 29.7 Å². The lowest BCUT2D eigenvalue weighted by atomic mass is 10.1. The van der Waals surface area contributed by atoms with Crippen LogP contribution in [0.3, 0.4) is 0 Å². The van der Waals surface area contributed by atoms with Crippen LogP contribution in [-0.4, -0.2) is 21.9 Å². The van der Waals surface area contributed by atoms with E-state index in [0.717, 1.165) is 5.56 Å². The lowest BCUT2D eigenvalue weighted by Gasteiger charge is -2.05. The number of Topliss-reactive ketones (excluding diaryl/α,β-unsaturated/α-hetero) is 1. The molecule has 126 valence electrons. The molecule has 0 aliphatic heterocycles. The smallest absolute Gasteiger partial charge is 0.247 e. The second-order valence-electron chi connectivity index (χ2n) is 5.55. The van der Waals surface area contributed by atoms with Crippen LogP contribution in [0.25, 0.3) is 11.5 Å². The van der Waals surface area contributed by atoms with Crippen LogP contribution in [0.5, 0.6) is 0 Å². The van der Waals surface area contributed by atoms with Crippen LogP contribution >= 0.6 is 0 Å². The molecule has 3 aromatic rings. The highest BCUT2D eigenvalue weighted by Gasteiger charge is 2.11. The number of benzene rings is 2. The van der Waals surface area contributed by atoms with E-state index >= 15 is 0 Å². The number of anilines is 1. The maximum atomic E-state index is 12.1. The van der Waals surface area contributed by atoms with Gasteiger partial charge in [-0.2, -0.15) is 0 Å². The Balaban J connectivity index is 1.57. The van der Waals surface area contributed by atoms with Crippen molar-refractivity contribution in [2.75, 3.05) is 5.32 Å². The van der Waals surface area contributed by atoms with Gasteiger partial charge in [0.25, 0.3) is 0 Å². The molecule has 0 saturated carbocycles. The first-order chi connectivity index (χ1) is 12.1. The van der Waals surface area contributed by atoms with Gasteiger partial charge in [-0.15, -0.1) is 10.2 Å². The SMILES string of the molecule is CC(=O)c1cccc(NC(=O)CCc2nnc(-c3ccccc3)o2)c1. The number of amides is 1. The average molecular weight is 335 g/mol. The zero-order valence-corrected chi connectivity index (χ0v) is 13.7. The number of ketones is 1. The highest BCUT2D eigenvalue weighted by Crippen LogP contribution is 2.18. The van der Waals surface area contributed by atoms with Crippen molar-refractivity contribution >= 4 is 17.4 Å².